The lowest BCUT2D eigenvalue weighted by Crippen LogP contribution is -2.48. The molecule has 33 heavy (non-hydrogen) atoms. The van der Waals surface area contributed by atoms with E-state index in [1.165, 1.54) is 31.0 Å². The number of nitrogens with one attached hydrogen (secondary N) is 2. The molecule has 2 aliphatic rings. The molecule has 1 atom stereocenters. The molecule has 2 heterocycles. The van der Waals surface area contributed by atoms with Gasteiger partial charge < -0.3 is 9.88 Å². The number of rotatable bonds is 8. The maximum atomic E-state index is 12.9. The molecule has 10 heteroatoms. The van der Waals surface area contributed by atoms with Crippen LogP contribution in [0.2, 0.25) is 0 Å². The quantitative estimate of drug-likeness (QED) is 0.350. The zero-order chi connectivity index (χ0) is 23.4. The molecular weight excluding hydrogens is 440 g/mol. The van der Waals surface area contributed by atoms with Crippen molar-refractivity contribution < 1.29 is 14.4 Å². The third kappa shape index (κ3) is 4.66. The van der Waals surface area contributed by atoms with Gasteiger partial charge in [-0.05, 0) is 25.3 Å². The summed E-state index contributed by atoms with van der Waals surface area (Å²) in [5, 5.41) is 12.7. The van der Waals surface area contributed by atoms with Crippen molar-refractivity contribution in [3.8, 4) is 0 Å². The fraction of sp³-hybridized carbons (Fsp3) is 0.435. The number of nitrogens with zero attached hydrogens (tertiary/aromatic N) is 4. The van der Waals surface area contributed by atoms with Crippen LogP contribution in [0, 0.1) is 0 Å². The highest BCUT2D eigenvalue weighted by molar-refractivity contribution is 7.99. The molecule has 2 N–H and O–H groups in total. The van der Waals surface area contributed by atoms with Crippen LogP contribution in [0.4, 0.5) is 4.79 Å². The van der Waals surface area contributed by atoms with E-state index in [9.17, 15) is 14.4 Å². The third-order valence-electron chi connectivity index (χ3n) is 6.14. The van der Waals surface area contributed by atoms with Gasteiger partial charge in [-0.25, -0.2) is 4.79 Å². The largest absolute Gasteiger partial charge is 0.344 e. The molecule has 0 spiro atoms. The number of hydrogen-bond donors (Lipinski definition) is 2. The first-order valence-corrected chi connectivity index (χ1v) is 12.1. The van der Waals surface area contributed by atoms with E-state index in [-0.39, 0.29) is 5.75 Å². The lowest BCUT2D eigenvalue weighted by Gasteiger charge is -2.22. The summed E-state index contributed by atoms with van der Waals surface area (Å²) in [7, 11) is 0. The minimum atomic E-state index is -1.24. The first-order chi connectivity index (χ1) is 15.9. The number of carbonyl (C=O) groups excluding carboxylic acids is 3. The zero-order valence-electron chi connectivity index (χ0n) is 18.6. The Hall–Kier alpha value is -3.14. The number of benzene rings is 1. The molecule has 174 valence electrons. The first kappa shape index (κ1) is 23.0. The van der Waals surface area contributed by atoms with Crippen LogP contribution in [0.15, 0.2) is 48.1 Å². The number of thioether (sulfide) groups is 1. The minimum absolute atomic E-state index is 0.0148. The SMILES string of the molecule is C=CCn1c(SCC(=O)NN2C(=O)N[C@@](C)(c3ccccc3)C2=O)nnc1C1CCCCC1. The fourth-order valence-electron chi connectivity index (χ4n) is 4.37. The summed E-state index contributed by atoms with van der Waals surface area (Å²) in [5.74, 6) is 0.278. The van der Waals surface area contributed by atoms with Gasteiger partial charge in [0.25, 0.3) is 5.91 Å². The molecule has 9 nitrogen and oxygen atoms in total. The molecule has 1 aliphatic heterocycles. The highest BCUT2D eigenvalue weighted by atomic mass is 32.2. The van der Waals surface area contributed by atoms with Crippen LogP contribution in [-0.2, 0) is 21.7 Å². The lowest BCUT2D eigenvalue weighted by molar-refractivity contribution is -0.138. The number of carbonyl (C=O) groups is 3. The average Bonchev–Trinajstić information content (AvgIpc) is 3.33. The van der Waals surface area contributed by atoms with E-state index in [1.54, 1.807) is 37.3 Å². The van der Waals surface area contributed by atoms with Crippen LogP contribution < -0.4 is 10.7 Å². The predicted molar refractivity (Wildman–Crippen MR) is 124 cm³/mol. The minimum Gasteiger partial charge on any atom is -0.318 e. The maximum absolute atomic E-state index is 12.9. The molecule has 0 bridgehead atoms. The molecule has 0 unspecified atom stereocenters. The maximum Gasteiger partial charge on any atom is 0.344 e. The number of imide groups is 1. The predicted octanol–water partition coefficient (Wildman–Crippen LogP) is 3.10. The van der Waals surface area contributed by atoms with Gasteiger partial charge in [-0.2, -0.15) is 5.01 Å². The van der Waals surface area contributed by atoms with E-state index >= 15 is 0 Å². The third-order valence-corrected chi connectivity index (χ3v) is 7.11. The number of hydrazine groups is 1. The van der Waals surface area contributed by atoms with Gasteiger partial charge in [-0.1, -0.05) is 67.4 Å². The standard InChI is InChI=1S/C23H28N6O3S/c1-3-14-28-19(16-10-6-4-7-11-16)25-26-22(28)33-15-18(30)27-29-20(31)23(2,24-21(29)32)17-12-8-5-9-13-17/h3,5,8-9,12-13,16H,1,4,6-7,10-11,14-15H2,2H3,(H,24,32)(H,27,30)/t23-/m0/s1. The van der Waals surface area contributed by atoms with Crippen LogP contribution in [0.5, 0.6) is 0 Å². The number of allylic oxidation sites excluding steroid dienone is 1. The molecule has 1 aromatic carbocycles. The van der Waals surface area contributed by atoms with E-state index in [4.69, 9.17) is 0 Å². The summed E-state index contributed by atoms with van der Waals surface area (Å²) in [6.07, 6.45) is 7.59. The molecule has 2 aromatic rings. The summed E-state index contributed by atoms with van der Waals surface area (Å²) < 4.78 is 2.00. The number of amides is 4. The molecule has 1 aliphatic carbocycles. The molecule has 0 radical (unpaired) electrons. The van der Waals surface area contributed by atoms with Crippen molar-refractivity contribution in [2.75, 3.05) is 5.75 Å². The Kier molecular flexibility index (Phi) is 6.83. The summed E-state index contributed by atoms with van der Waals surface area (Å²) in [4.78, 5) is 38.0. The van der Waals surface area contributed by atoms with Gasteiger partial charge in [0, 0.05) is 12.5 Å². The van der Waals surface area contributed by atoms with Gasteiger partial charge in [0.15, 0.2) is 5.16 Å². The zero-order valence-corrected chi connectivity index (χ0v) is 19.4. The second-order valence-corrected chi connectivity index (χ2v) is 9.40. The summed E-state index contributed by atoms with van der Waals surface area (Å²) in [6, 6.07) is 8.26. The highest BCUT2D eigenvalue weighted by Crippen LogP contribution is 2.33. The Bertz CT molecular complexity index is 1050. The molecule has 1 aromatic heterocycles. The van der Waals surface area contributed by atoms with Crippen molar-refractivity contribution in [3.05, 3.63) is 54.4 Å². The number of hydrogen-bond acceptors (Lipinski definition) is 6. The van der Waals surface area contributed by atoms with Gasteiger partial charge in [0.1, 0.15) is 11.4 Å². The van der Waals surface area contributed by atoms with Gasteiger partial charge in [0.2, 0.25) is 5.91 Å². The van der Waals surface area contributed by atoms with Gasteiger partial charge in [-0.15, -0.1) is 16.8 Å². The van der Waals surface area contributed by atoms with Gasteiger partial charge in [-0.3, -0.25) is 15.0 Å². The second kappa shape index (κ2) is 9.78. The Balaban J connectivity index is 1.40. The van der Waals surface area contributed by atoms with Crippen molar-refractivity contribution in [2.45, 2.75) is 62.2 Å². The van der Waals surface area contributed by atoms with Crippen molar-refractivity contribution in [2.24, 2.45) is 0 Å². The van der Waals surface area contributed by atoms with Crippen LogP contribution in [0.25, 0.3) is 0 Å². The smallest absolute Gasteiger partial charge is 0.318 e. The van der Waals surface area contributed by atoms with Crippen molar-refractivity contribution in [1.29, 1.82) is 0 Å². The summed E-state index contributed by atoms with van der Waals surface area (Å²) >= 11 is 1.22. The summed E-state index contributed by atoms with van der Waals surface area (Å²) in [6.45, 7) is 6.01. The first-order valence-electron chi connectivity index (χ1n) is 11.1. The Morgan fingerprint density at radius 3 is 2.67 bits per heavy atom. The monoisotopic (exact) mass is 468 g/mol. The Morgan fingerprint density at radius 1 is 1.24 bits per heavy atom. The van der Waals surface area contributed by atoms with Crippen molar-refractivity contribution in [1.82, 2.24) is 30.5 Å². The highest BCUT2D eigenvalue weighted by Gasteiger charge is 2.49. The van der Waals surface area contributed by atoms with Crippen molar-refractivity contribution >= 4 is 29.6 Å². The second-order valence-electron chi connectivity index (χ2n) is 8.46. The van der Waals surface area contributed by atoms with Crippen LogP contribution in [-0.4, -0.2) is 43.4 Å². The lowest BCUT2D eigenvalue weighted by atomic mass is 9.89. The Morgan fingerprint density at radius 2 is 1.97 bits per heavy atom. The Labute approximate surface area is 197 Å². The van der Waals surface area contributed by atoms with Crippen molar-refractivity contribution in [3.63, 3.8) is 0 Å². The van der Waals surface area contributed by atoms with E-state index in [0.29, 0.717) is 23.2 Å². The van der Waals surface area contributed by atoms with Crippen LogP contribution in [0.3, 0.4) is 0 Å². The molecule has 4 rings (SSSR count). The van der Waals surface area contributed by atoms with E-state index < -0.39 is 23.4 Å². The molecule has 2 fully saturated rings. The summed E-state index contributed by atoms with van der Waals surface area (Å²) in [5.41, 5.74) is 1.83. The topological polar surface area (TPSA) is 109 Å². The van der Waals surface area contributed by atoms with E-state index in [2.05, 4.69) is 27.5 Å². The molecule has 1 saturated heterocycles. The molecule has 1 saturated carbocycles. The van der Waals surface area contributed by atoms with Crippen LogP contribution in [0.1, 0.15) is 56.3 Å². The average molecular weight is 469 g/mol. The molecule has 4 amide bonds. The van der Waals surface area contributed by atoms with E-state index in [1.807, 2.05) is 10.6 Å². The van der Waals surface area contributed by atoms with Gasteiger partial charge >= 0.3 is 6.03 Å². The number of aromatic nitrogens is 3. The molecular formula is C23H28N6O3S. The fourth-order valence-corrected chi connectivity index (χ4v) is 5.11. The van der Waals surface area contributed by atoms with E-state index in [0.717, 1.165) is 23.7 Å². The number of urea groups is 1. The normalized spacial score (nSPS) is 21.2. The van der Waals surface area contributed by atoms with Gasteiger partial charge in [0.05, 0.1) is 5.75 Å². The van der Waals surface area contributed by atoms with Crippen LogP contribution >= 0.6 is 11.8 Å².